The van der Waals surface area contributed by atoms with Gasteiger partial charge in [0.05, 0.1) is 10.7 Å². The number of anilines is 1. The molecule has 21 heavy (non-hydrogen) atoms. The van der Waals surface area contributed by atoms with Crippen molar-refractivity contribution in [1.82, 2.24) is 5.32 Å². The van der Waals surface area contributed by atoms with Crippen LogP contribution < -0.4 is 10.2 Å². The summed E-state index contributed by atoms with van der Waals surface area (Å²) in [6.45, 7) is 4.45. The van der Waals surface area contributed by atoms with Crippen molar-refractivity contribution in [2.45, 2.75) is 20.0 Å². The maximum absolute atomic E-state index is 13.0. The third kappa shape index (κ3) is 4.19. The molecule has 0 aromatic heterocycles. The lowest BCUT2D eigenvalue weighted by molar-refractivity contribution is 0.627. The van der Waals surface area contributed by atoms with Crippen LogP contribution in [-0.2, 0) is 13.1 Å². The zero-order chi connectivity index (χ0) is 15.2. The molecule has 0 unspecified atom stereocenters. The molecular weight excluding hydrogens is 287 g/mol. The lowest BCUT2D eigenvalue weighted by Crippen LogP contribution is -2.21. The maximum Gasteiger partial charge on any atom is 0.123 e. The third-order valence-corrected chi connectivity index (χ3v) is 3.66. The Bertz CT molecular complexity index is 584. The Kier molecular flexibility index (Phi) is 5.59. The van der Waals surface area contributed by atoms with Crippen LogP contribution in [0.25, 0.3) is 0 Å². The Morgan fingerprint density at radius 3 is 2.52 bits per heavy atom. The van der Waals surface area contributed by atoms with Crippen LogP contribution in [0.3, 0.4) is 0 Å². The van der Waals surface area contributed by atoms with Gasteiger partial charge in [-0.1, -0.05) is 42.8 Å². The van der Waals surface area contributed by atoms with E-state index in [4.69, 9.17) is 11.6 Å². The van der Waals surface area contributed by atoms with Crippen LogP contribution in [0.5, 0.6) is 0 Å². The van der Waals surface area contributed by atoms with Gasteiger partial charge in [-0.25, -0.2) is 4.39 Å². The second kappa shape index (κ2) is 7.43. The predicted octanol–water partition coefficient (Wildman–Crippen LogP) is 4.23. The number of nitrogens with zero attached hydrogens (tertiary/aromatic N) is 1. The van der Waals surface area contributed by atoms with E-state index in [0.717, 1.165) is 34.9 Å². The molecule has 2 aromatic rings. The van der Waals surface area contributed by atoms with Crippen LogP contribution >= 0.6 is 11.6 Å². The van der Waals surface area contributed by atoms with E-state index in [1.165, 1.54) is 12.1 Å². The van der Waals surface area contributed by atoms with Gasteiger partial charge in [0.1, 0.15) is 5.82 Å². The van der Waals surface area contributed by atoms with Crippen molar-refractivity contribution in [2.24, 2.45) is 0 Å². The predicted molar refractivity (Wildman–Crippen MR) is 87.3 cm³/mol. The Balaban J connectivity index is 2.21. The molecule has 0 saturated heterocycles. The van der Waals surface area contributed by atoms with E-state index in [1.54, 1.807) is 12.1 Å². The molecule has 2 rings (SSSR count). The summed E-state index contributed by atoms with van der Waals surface area (Å²) in [5, 5.41) is 4.05. The molecule has 2 nitrogen and oxygen atoms in total. The number of para-hydroxylation sites is 1. The molecule has 0 aliphatic carbocycles. The normalized spacial score (nSPS) is 10.7. The van der Waals surface area contributed by atoms with Crippen LogP contribution in [0.2, 0.25) is 5.02 Å². The van der Waals surface area contributed by atoms with E-state index in [-0.39, 0.29) is 5.82 Å². The molecule has 0 saturated carbocycles. The minimum Gasteiger partial charge on any atom is -0.369 e. The van der Waals surface area contributed by atoms with E-state index in [2.05, 4.69) is 23.2 Å². The maximum atomic E-state index is 13.0. The first-order valence-corrected chi connectivity index (χ1v) is 7.43. The molecular formula is C17H20ClFN2. The number of nitrogens with one attached hydrogen (secondary N) is 1. The molecule has 4 heteroatoms. The van der Waals surface area contributed by atoms with Gasteiger partial charge in [-0.05, 0) is 35.9 Å². The molecule has 0 heterocycles. The van der Waals surface area contributed by atoms with Crippen LogP contribution in [0.1, 0.15) is 18.1 Å². The van der Waals surface area contributed by atoms with Crippen molar-refractivity contribution in [3.8, 4) is 0 Å². The summed E-state index contributed by atoms with van der Waals surface area (Å²) in [4.78, 5) is 2.10. The highest BCUT2D eigenvalue weighted by molar-refractivity contribution is 6.33. The van der Waals surface area contributed by atoms with Crippen LogP contribution in [0, 0.1) is 5.82 Å². The van der Waals surface area contributed by atoms with Crippen molar-refractivity contribution in [3.05, 3.63) is 64.4 Å². The quantitative estimate of drug-likeness (QED) is 0.859. The average Bonchev–Trinajstić information content (AvgIpc) is 2.47. The fourth-order valence-corrected chi connectivity index (χ4v) is 2.67. The molecule has 2 aromatic carbocycles. The Morgan fingerprint density at radius 2 is 1.86 bits per heavy atom. The monoisotopic (exact) mass is 306 g/mol. The summed E-state index contributed by atoms with van der Waals surface area (Å²) in [5.41, 5.74) is 3.23. The molecule has 0 aliphatic rings. The third-order valence-electron chi connectivity index (χ3n) is 3.35. The minimum absolute atomic E-state index is 0.216. The Labute approximate surface area is 130 Å². The molecule has 0 fully saturated rings. The Hall–Kier alpha value is -1.58. The number of halogens is 2. The van der Waals surface area contributed by atoms with E-state index >= 15 is 0 Å². The molecule has 0 aliphatic heterocycles. The van der Waals surface area contributed by atoms with Crippen molar-refractivity contribution in [1.29, 1.82) is 0 Å². The van der Waals surface area contributed by atoms with Gasteiger partial charge in [0.2, 0.25) is 0 Å². The average molecular weight is 307 g/mol. The molecule has 0 atom stereocenters. The van der Waals surface area contributed by atoms with Gasteiger partial charge in [-0.2, -0.15) is 0 Å². The van der Waals surface area contributed by atoms with Crippen molar-refractivity contribution >= 4 is 17.3 Å². The largest absolute Gasteiger partial charge is 0.369 e. The molecule has 112 valence electrons. The highest BCUT2D eigenvalue weighted by Crippen LogP contribution is 2.30. The minimum atomic E-state index is -0.216. The first-order valence-electron chi connectivity index (χ1n) is 7.05. The highest BCUT2D eigenvalue weighted by atomic mass is 35.5. The summed E-state index contributed by atoms with van der Waals surface area (Å²) in [5.74, 6) is -0.216. The smallest absolute Gasteiger partial charge is 0.123 e. The fraction of sp³-hybridized carbons (Fsp3) is 0.294. The molecule has 0 bridgehead atoms. The summed E-state index contributed by atoms with van der Waals surface area (Å²) in [6, 6.07) is 12.5. The van der Waals surface area contributed by atoms with Gasteiger partial charge in [-0.3, -0.25) is 0 Å². The van der Waals surface area contributed by atoms with Crippen molar-refractivity contribution in [2.75, 3.05) is 18.5 Å². The number of hydrogen-bond acceptors (Lipinski definition) is 2. The van der Waals surface area contributed by atoms with E-state index in [9.17, 15) is 4.39 Å². The summed E-state index contributed by atoms with van der Waals surface area (Å²) >= 11 is 6.37. The molecule has 1 N–H and O–H groups in total. The van der Waals surface area contributed by atoms with Crippen molar-refractivity contribution < 1.29 is 4.39 Å². The summed E-state index contributed by atoms with van der Waals surface area (Å²) in [7, 11) is 2.00. The van der Waals surface area contributed by atoms with Gasteiger partial charge in [-0.15, -0.1) is 0 Å². The zero-order valence-electron chi connectivity index (χ0n) is 12.4. The number of rotatable bonds is 6. The molecule has 0 amide bonds. The molecule has 0 radical (unpaired) electrons. The second-order valence-electron chi connectivity index (χ2n) is 5.01. The SMILES string of the molecule is CCNCc1cccc(Cl)c1N(C)Cc1ccc(F)cc1. The fourth-order valence-electron chi connectivity index (χ4n) is 2.33. The topological polar surface area (TPSA) is 15.3 Å². The van der Waals surface area contributed by atoms with Crippen molar-refractivity contribution in [3.63, 3.8) is 0 Å². The lowest BCUT2D eigenvalue weighted by Gasteiger charge is -2.24. The van der Waals surface area contributed by atoms with Crippen LogP contribution in [0.15, 0.2) is 42.5 Å². The van der Waals surface area contributed by atoms with E-state index in [1.807, 2.05) is 19.2 Å². The standard InChI is InChI=1S/C17H20ClFN2/c1-3-20-11-14-5-4-6-16(18)17(14)21(2)12-13-7-9-15(19)10-8-13/h4-10,20H,3,11-12H2,1-2H3. The van der Waals surface area contributed by atoms with Gasteiger partial charge < -0.3 is 10.2 Å². The van der Waals surface area contributed by atoms with Gasteiger partial charge >= 0.3 is 0 Å². The van der Waals surface area contributed by atoms with Gasteiger partial charge in [0.25, 0.3) is 0 Å². The Morgan fingerprint density at radius 1 is 1.14 bits per heavy atom. The first kappa shape index (κ1) is 15.8. The molecule has 0 spiro atoms. The summed E-state index contributed by atoms with van der Waals surface area (Å²) in [6.07, 6.45) is 0. The van der Waals surface area contributed by atoms with Crippen LogP contribution in [-0.4, -0.2) is 13.6 Å². The number of hydrogen-bond donors (Lipinski definition) is 1. The first-order chi connectivity index (χ1) is 10.1. The van der Waals surface area contributed by atoms with Gasteiger partial charge in [0.15, 0.2) is 0 Å². The summed E-state index contributed by atoms with van der Waals surface area (Å²) < 4.78 is 13.0. The second-order valence-corrected chi connectivity index (χ2v) is 5.42. The highest BCUT2D eigenvalue weighted by Gasteiger charge is 2.12. The van der Waals surface area contributed by atoms with Gasteiger partial charge in [0, 0.05) is 20.1 Å². The lowest BCUT2D eigenvalue weighted by atomic mass is 10.1. The number of benzene rings is 2. The van der Waals surface area contributed by atoms with E-state index in [0.29, 0.717) is 6.54 Å². The van der Waals surface area contributed by atoms with E-state index < -0.39 is 0 Å². The zero-order valence-corrected chi connectivity index (χ0v) is 13.1. The van der Waals surface area contributed by atoms with Crippen LogP contribution in [0.4, 0.5) is 10.1 Å².